The second-order valence-corrected chi connectivity index (χ2v) is 10.6. The van der Waals surface area contributed by atoms with Crippen LogP contribution in [0.1, 0.15) is 44.7 Å². The van der Waals surface area contributed by atoms with Crippen molar-refractivity contribution in [3.05, 3.63) is 71.8 Å². The van der Waals surface area contributed by atoms with Crippen LogP contribution < -0.4 is 0 Å². The van der Waals surface area contributed by atoms with Crippen molar-refractivity contribution in [3.8, 4) is 12.3 Å². The quantitative estimate of drug-likeness (QED) is 0.331. The van der Waals surface area contributed by atoms with Crippen LogP contribution in [0, 0.1) is 17.8 Å². The molecule has 4 nitrogen and oxygen atoms in total. The first-order chi connectivity index (χ1) is 14.8. The van der Waals surface area contributed by atoms with E-state index in [0.717, 1.165) is 11.1 Å². The van der Waals surface area contributed by atoms with Crippen LogP contribution in [0.15, 0.2) is 65.1 Å². The highest BCUT2D eigenvalue weighted by Crippen LogP contribution is 2.28. The highest BCUT2D eigenvalue weighted by atomic mass is 32.2. The molecule has 0 N–H and O–H groups in total. The van der Waals surface area contributed by atoms with Crippen LogP contribution >= 0.6 is 0 Å². The second-order valence-electron chi connectivity index (χ2n) is 8.69. The molecule has 2 rings (SSSR count). The minimum absolute atomic E-state index is 0.404. The minimum Gasteiger partial charge on any atom is -0.376 e. The summed E-state index contributed by atoms with van der Waals surface area (Å²) in [5, 5.41) is 0. The first-order valence-corrected chi connectivity index (χ1v) is 11.6. The van der Waals surface area contributed by atoms with Gasteiger partial charge in [0.25, 0.3) is 0 Å². The summed E-state index contributed by atoms with van der Waals surface area (Å²) in [6.07, 6.45) is 8.44. The molecule has 5 heteroatoms. The predicted molar refractivity (Wildman–Crippen MR) is 129 cm³/mol. The average Bonchev–Trinajstić information content (AvgIpc) is 2.75. The lowest BCUT2D eigenvalue weighted by molar-refractivity contribution is -0.0267. The van der Waals surface area contributed by atoms with E-state index < -0.39 is 21.1 Å². The van der Waals surface area contributed by atoms with Gasteiger partial charge < -0.3 is 9.47 Å². The van der Waals surface area contributed by atoms with E-state index in [9.17, 15) is 4.21 Å². The Hall–Kier alpha value is -2.26. The summed E-state index contributed by atoms with van der Waals surface area (Å²) >= 11 is 0. The molecule has 0 spiro atoms. The molecule has 0 aliphatic rings. The molecule has 0 saturated carbocycles. The summed E-state index contributed by atoms with van der Waals surface area (Å²) < 4.78 is 28.3. The molecule has 0 aliphatic heterocycles. The standard InChI is InChI=1S/C26H33NO3S/c1-5-16-26(17-18-27-31(28)25(2,3)4,21-29-19-23-12-8-6-9-13-23)22-30-20-24-14-10-7-11-15-24/h1,6-15,18H,16-17,19-22H2,2-4H3/b27-18+. The topological polar surface area (TPSA) is 47.9 Å². The molecule has 2 aromatic carbocycles. The number of hydrogen-bond acceptors (Lipinski definition) is 3. The molecule has 0 amide bonds. The Balaban J connectivity index is 2.07. The lowest BCUT2D eigenvalue weighted by atomic mass is 9.83. The monoisotopic (exact) mass is 439 g/mol. The molecule has 0 radical (unpaired) electrons. The molecule has 166 valence electrons. The van der Waals surface area contributed by atoms with Crippen molar-refractivity contribution in [2.24, 2.45) is 9.81 Å². The van der Waals surface area contributed by atoms with Gasteiger partial charge in [0.05, 0.1) is 31.2 Å². The van der Waals surface area contributed by atoms with Crippen molar-refractivity contribution in [1.82, 2.24) is 0 Å². The summed E-state index contributed by atoms with van der Waals surface area (Å²) in [7, 11) is -1.31. The smallest absolute Gasteiger partial charge is 0.144 e. The summed E-state index contributed by atoms with van der Waals surface area (Å²) in [6, 6.07) is 20.0. The Labute approximate surface area is 189 Å². The molecule has 0 aromatic heterocycles. The third-order valence-electron chi connectivity index (χ3n) is 4.74. The summed E-state index contributed by atoms with van der Waals surface area (Å²) in [5.41, 5.74) is 1.76. The van der Waals surface area contributed by atoms with Gasteiger partial charge in [-0.05, 0) is 38.3 Å². The molecule has 0 aliphatic carbocycles. The van der Waals surface area contributed by atoms with Gasteiger partial charge in [-0.1, -0.05) is 60.7 Å². The van der Waals surface area contributed by atoms with Gasteiger partial charge >= 0.3 is 0 Å². The first-order valence-electron chi connectivity index (χ1n) is 10.5. The molecule has 0 bridgehead atoms. The van der Waals surface area contributed by atoms with Gasteiger partial charge in [0.15, 0.2) is 0 Å². The van der Waals surface area contributed by atoms with Gasteiger partial charge in [-0.3, -0.25) is 0 Å². The van der Waals surface area contributed by atoms with Crippen molar-refractivity contribution in [2.75, 3.05) is 13.2 Å². The van der Waals surface area contributed by atoms with Crippen LogP contribution in [0.5, 0.6) is 0 Å². The Morgan fingerprint density at radius 2 is 1.42 bits per heavy atom. The number of rotatable bonds is 12. The van der Waals surface area contributed by atoms with Crippen molar-refractivity contribution in [2.45, 2.75) is 51.6 Å². The zero-order valence-corrected chi connectivity index (χ0v) is 19.6. The van der Waals surface area contributed by atoms with Gasteiger partial charge in [0.1, 0.15) is 11.0 Å². The molecule has 0 saturated heterocycles. The molecule has 1 unspecified atom stereocenters. The minimum atomic E-state index is -1.31. The van der Waals surface area contributed by atoms with Crippen LogP contribution in [0.25, 0.3) is 0 Å². The van der Waals surface area contributed by atoms with Crippen LogP contribution in [-0.4, -0.2) is 28.4 Å². The maximum atomic E-state index is 12.3. The van der Waals surface area contributed by atoms with Crippen molar-refractivity contribution in [1.29, 1.82) is 0 Å². The van der Waals surface area contributed by atoms with E-state index in [1.165, 1.54) is 0 Å². The fourth-order valence-corrected chi connectivity index (χ4v) is 3.45. The van der Waals surface area contributed by atoms with E-state index in [1.54, 1.807) is 6.21 Å². The van der Waals surface area contributed by atoms with Crippen molar-refractivity contribution < 1.29 is 13.7 Å². The molecular weight excluding hydrogens is 406 g/mol. The largest absolute Gasteiger partial charge is 0.376 e. The lowest BCUT2D eigenvalue weighted by Crippen LogP contribution is -2.33. The van der Waals surface area contributed by atoms with Gasteiger partial charge in [-0.2, -0.15) is 4.40 Å². The number of hydrogen-bond donors (Lipinski definition) is 0. The van der Waals surface area contributed by atoms with Crippen molar-refractivity contribution in [3.63, 3.8) is 0 Å². The number of benzene rings is 2. The van der Waals surface area contributed by atoms with Crippen LogP contribution in [0.3, 0.4) is 0 Å². The molecule has 0 fully saturated rings. The maximum absolute atomic E-state index is 12.3. The van der Waals surface area contributed by atoms with E-state index in [1.807, 2.05) is 81.4 Å². The zero-order chi connectivity index (χ0) is 22.6. The van der Waals surface area contributed by atoms with E-state index in [2.05, 4.69) is 10.3 Å². The maximum Gasteiger partial charge on any atom is 0.144 e. The highest BCUT2D eigenvalue weighted by Gasteiger charge is 2.30. The SMILES string of the molecule is C#CCC(C/C=N/S(=O)C(C)(C)C)(COCc1ccccc1)COCc1ccccc1. The zero-order valence-electron chi connectivity index (χ0n) is 18.8. The van der Waals surface area contributed by atoms with E-state index in [-0.39, 0.29) is 0 Å². The Morgan fingerprint density at radius 3 is 1.84 bits per heavy atom. The van der Waals surface area contributed by atoms with E-state index >= 15 is 0 Å². The number of ether oxygens (including phenoxy) is 2. The lowest BCUT2D eigenvalue weighted by Gasteiger charge is -2.30. The Bertz CT molecular complexity index is 822. The van der Waals surface area contributed by atoms with Crippen LogP contribution in [0.2, 0.25) is 0 Å². The molecule has 0 heterocycles. The first kappa shape index (κ1) is 25.0. The second kappa shape index (κ2) is 12.6. The van der Waals surface area contributed by atoms with Gasteiger partial charge in [-0.15, -0.1) is 12.3 Å². The van der Waals surface area contributed by atoms with Gasteiger partial charge in [-0.25, -0.2) is 4.21 Å². The van der Waals surface area contributed by atoms with Gasteiger partial charge in [0.2, 0.25) is 0 Å². The third kappa shape index (κ3) is 9.18. The Kier molecular flexibility index (Phi) is 10.1. The van der Waals surface area contributed by atoms with E-state index in [0.29, 0.717) is 39.3 Å². The summed E-state index contributed by atoms with van der Waals surface area (Å²) in [4.78, 5) is 0. The third-order valence-corrected chi connectivity index (χ3v) is 6.12. The number of nitrogens with zero attached hydrogens (tertiary/aromatic N) is 1. The summed E-state index contributed by atoms with van der Waals surface area (Å²) in [6.45, 7) is 7.56. The van der Waals surface area contributed by atoms with E-state index in [4.69, 9.17) is 15.9 Å². The molecule has 1 atom stereocenters. The normalized spacial score (nSPS) is 13.2. The highest BCUT2D eigenvalue weighted by molar-refractivity contribution is 7.85. The Morgan fingerprint density at radius 1 is 0.935 bits per heavy atom. The van der Waals surface area contributed by atoms with Crippen molar-refractivity contribution >= 4 is 17.2 Å². The molecular formula is C26H33NO3S. The fraction of sp³-hybridized carbons (Fsp3) is 0.423. The number of terminal acetylenes is 1. The fourth-order valence-electron chi connectivity index (χ4n) is 2.93. The molecule has 31 heavy (non-hydrogen) atoms. The van der Waals surface area contributed by atoms with Crippen LogP contribution in [-0.2, 0) is 33.7 Å². The summed E-state index contributed by atoms with van der Waals surface area (Å²) in [5.74, 6) is 2.78. The molecule has 2 aromatic rings. The van der Waals surface area contributed by atoms with Crippen LogP contribution in [0.4, 0.5) is 0 Å². The van der Waals surface area contributed by atoms with Gasteiger partial charge in [0, 0.05) is 18.1 Å². The predicted octanol–water partition coefficient (Wildman–Crippen LogP) is 5.35. The average molecular weight is 440 g/mol.